The molecule has 6 nitrogen and oxygen atoms in total. The van der Waals surface area contributed by atoms with Crippen LogP contribution in [0.15, 0.2) is 86.5 Å². The lowest BCUT2D eigenvalue weighted by molar-refractivity contribution is -0.136. The summed E-state index contributed by atoms with van der Waals surface area (Å²) in [5.41, 5.74) is 5.34. The molecule has 1 aliphatic carbocycles. The Labute approximate surface area is 231 Å². The number of ketones is 1. The van der Waals surface area contributed by atoms with E-state index in [9.17, 15) is 9.59 Å². The molecule has 0 fully saturated rings. The number of Topliss-reactive ketones (excluding diaryl/α,β-unsaturated/α-hetero) is 1. The van der Waals surface area contributed by atoms with Gasteiger partial charge in [0.05, 0.1) is 30.0 Å². The Morgan fingerprint density at radius 3 is 2.38 bits per heavy atom. The molecule has 0 radical (unpaired) electrons. The van der Waals surface area contributed by atoms with Crippen LogP contribution in [0.1, 0.15) is 39.9 Å². The van der Waals surface area contributed by atoms with Gasteiger partial charge in [0.15, 0.2) is 17.3 Å². The van der Waals surface area contributed by atoms with Crippen molar-refractivity contribution in [1.29, 1.82) is 0 Å². The number of hydrogen-bond acceptors (Lipinski definition) is 6. The molecular weight excluding hydrogens is 602 g/mol. The van der Waals surface area contributed by atoms with E-state index in [2.05, 4.69) is 37.2 Å². The third kappa shape index (κ3) is 4.49. The highest BCUT2D eigenvalue weighted by Gasteiger charge is 2.43. The van der Waals surface area contributed by atoms with Gasteiger partial charge in [-0.1, -0.05) is 52.3 Å². The van der Waals surface area contributed by atoms with Gasteiger partial charge in [0.1, 0.15) is 6.61 Å². The summed E-state index contributed by atoms with van der Waals surface area (Å²) in [5.74, 6) is -0.279. The maximum Gasteiger partial charge on any atom is 0.336 e. The minimum Gasteiger partial charge on any atom is -0.493 e. The number of esters is 1. The Hall–Kier alpha value is -3.36. The lowest BCUT2D eigenvalue weighted by atomic mass is 9.79. The van der Waals surface area contributed by atoms with E-state index in [1.807, 2.05) is 61.5 Å². The molecule has 3 aromatic rings. The molecule has 1 atom stereocenters. The zero-order valence-electron chi connectivity index (χ0n) is 20.4. The molecule has 0 amide bonds. The van der Waals surface area contributed by atoms with Crippen molar-refractivity contribution in [2.24, 2.45) is 0 Å². The number of halogens is 2. The Bertz CT molecular complexity index is 1490. The van der Waals surface area contributed by atoms with Crippen molar-refractivity contribution in [3.63, 3.8) is 0 Å². The molecule has 37 heavy (non-hydrogen) atoms. The Balaban J connectivity index is 1.60. The lowest BCUT2D eigenvalue weighted by Crippen LogP contribution is -2.29. The Morgan fingerprint density at radius 1 is 1.00 bits per heavy atom. The van der Waals surface area contributed by atoms with Crippen LogP contribution in [0.3, 0.4) is 0 Å². The summed E-state index contributed by atoms with van der Waals surface area (Å²) in [6.45, 7) is 2.15. The third-order valence-electron chi connectivity index (χ3n) is 6.54. The second kappa shape index (κ2) is 10.2. The zero-order chi connectivity index (χ0) is 26.3. The molecule has 0 saturated carbocycles. The minimum absolute atomic E-state index is 0.123. The van der Waals surface area contributed by atoms with Gasteiger partial charge in [-0.3, -0.25) is 4.79 Å². The molecule has 2 aliphatic rings. The number of dihydropyridines is 1. The lowest BCUT2D eigenvalue weighted by Gasteiger charge is -2.29. The normalized spacial score (nSPS) is 16.2. The van der Waals surface area contributed by atoms with Crippen molar-refractivity contribution >= 4 is 49.3 Å². The van der Waals surface area contributed by atoms with Gasteiger partial charge < -0.3 is 19.5 Å². The minimum atomic E-state index is -0.658. The number of benzene rings is 3. The fourth-order valence-electron chi connectivity index (χ4n) is 4.83. The summed E-state index contributed by atoms with van der Waals surface area (Å²) in [4.78, 5) is 26.6. The molecule has 1 aliphatic heterocycles. The van der Waals surface area contributed by atoms with Gasteiger partial charge in [-0.05, 0) is 58.2 Å². The van der Waals surface area contributed by atoms with Crippen LogP contribution in [0.4, 0.5) is 0 Å². The van der Waals surface area contributed by atoms with Crippen molar-refractivity contribution in [2.75, 3.05) is 14.2 Å². The number of carbonyl (C=O) groups excluding carboxylic acids is 2. The second-order valence-electron chi connectivity index (χ2n) is 8.70. The van der Waals surface area contributed by atoms with Crippen LogP contribution in [0.25, 0.3) is 5.70 Å². The van der Waals surface area contributed by atoms with E-state index in [0.717, 1.165) is 15.6 Å². The predicted octanol–water partition coefficient (Wildman–Crippen LogP) is 6.54. The van der Waals surface area contributed by atoms with E-state index in [1.54, 1.807) is 13.2 Å². The molecule has 0 aromatic heterocycles. The van der Waals surface area contributed by atoms with Gasteiger partial charge in [0.2, 0.25) is 0 Å². The smallest absolute Gasteiger partial charge is 0.336 e. The number of methoxy groups -OCH3 is 2. The molecular formula is C29H23Br2NO5. The van der Waals surface area contributed by atoms with Crippen LogP contribution in [0, 0.1) is 0 Å². The first kappa shape index (κ1) is 25.3. The molecule has 3 aromatic carbocycles. The third-order valence-corrected chi connectivity index (χ3v) is 7.65. The second-order valence-corrected chi connectivity index (χ2v) is 10.5. The van der Waals surface area contributed by atoms with Gasteiger partial charge in [0, 0.05) is 32.8 Å². The number of hydrogen-bond donors (Lipinski definition) is 1. The monoisotopic (exact) mass is 623 g/mol. The van der Waals surface area contributed by atoms with Crippen LogP contribution in [0.2, 0.25) is 0 Å². The number of nitrogens with one attached hydrogen (secondary N) is 1. The van der Waals surface area contributed by atoms with Crippen molar-refractivity contribution in [3.8, 4) is 11.5 Å². The molecule has 188 valence electrons. The quantitative estimate of drug-likeness (QED) is 0.314. The van der Waals surface area contributed by atoms with E-state index < -0.39 is 11.9 Å². The van der Waals surface area contributed by atoms with Gasteiger partial charge in [-0.2, -0.15) is 0 Å². The van der Waals surface area contributed by atoms with Gasteiger partial charge in [-0.15, -0.1) is 0 Å². The van der Waals surface area contributed by atoms with Gasteiger partial charge in [-0.25, -0.2) is 4.79 Å². The molecule has 1 N–H and O–H groups in total. The summed E-state index contributed by atoms with van der Waals surface area (Å²) < 4.78 is 18.6. The van der Waals surface area contributed by atoms with Crippen molar-refractivity contribution in [2.45, 2.75) is 19.4 Å². The molecule has 0 spiro atoms. The first-order valence-electron chi connectivity index (χ1n) is 11.5. The van der Waals surface area contributed by atoms with Crippen molar-refractivity contribution in [3.05, 3.63) is 109 Å². The Morgan fingerprint density at radius 2 is 1.70 bits per heavy atom. The van der Waals surface area contributed by atoms with Crippen molar-refractivity contribution in [1.82, 2.24) is 5.32 Å². The van der Waals surface area contributed by atoms with Crippen LogP contribution in [-0.2, 0) is 16.1 Å². The molecule has 1 heterocycles. The average Bonchev–Trinajstić information content (AvgIpc) is 3.18. The number of allylic oxidation sites excluding steroid dienone is 2. The van der Waals surface area contributed by atoms with Crippen molar-refractivity contribution < 1.29 is 23.8 Å². The number of carbonyl (C=O) groups is 2. The fraction of sp³-hybridized carbons (Fsp3) is 0.172. The van der Waals surface area contributed by atoms with Crippen LogP contribution in [-0.4, -0.2) is 26.0 Å². The number of fused-ring (bicyclic) bond motifs is 2. The van der Waals surface area contributed by atoms with E-state index in [1.165, 1.54) is 7.11 Å². The summed E-state index contributed by atoms with van der Waals surface area (Å²) >= 11 is 7.08. The van der Waals surface area contributed by atoms with Crippen LogP contribution >= 0.6 is 31.9 Å². The van der Waals surface area contributed by atoms with E-state index in [0.29, 0.717) is 56.2 Å². The first-order valence-corrected chi connectivity index (χ1v) is 13.1. The molecule has 8 heteroatoms. The SMILES string of the molecule is COC(=O)C1=C(C)NC2=C(C(=O)c3ccccc32)[C@@H]1c1cc(Br)c(OCc2ccc(Br)cc2)c(OC)c1. The van der Waals surface area contributed by atoms with E-state index in [4.69, 9.17) is 14.2 Å². The van der Waals surface area contributed by atoms with E-state index >= 15 is 0 Å². The standard InChI is InChI=1S/C29H23Br2NO5/c1-15-23(29(34)36-3)24(25-26(32-15)19-6-4-5-7-20(19)27(25)33)17-12-21(31)28(22(13-17)35-2)37-14-16-8-10-18(30)11-9-16/h4-13,24,32H,14H2,1-3H3/t24-/m1/s1. The highest BCUT2D eigenvalue weighted by Crippen LogP contribution is 2.49. The number of rotatable bonds is 6. The largest absolute Gasteiger partial charge is 0.493 e. The summed E-state index contributed by atoms with van der Waals surface area (Å²) in [5, 5.41) is 3.29. The molecule has 5 rings (SSSR count). The highest BCUT2D eigenvalue weighted by molar-refractivity contribution is 9.10. The van der Waals surface area contributed by atoms with Crippen LogP contribution in [0.5, 0.6) is 11.5 Å². The van der Waals surface area contributed by atoms with E-state index in [-0.39, 0.29) is 5.78 Å². The predicted molar refractivity (Wildman–Crippen MR) is 147 cm³/mol. The topological polar surface area (TPSA) is 73.9 Å². The van der Waals surface area contributed by atoms with Crippen LogP contribution < -0.4 is 14.8 Å². The first-order chi connectivity index (χ1) is 17.8. The Kier molecular flexibility index (Phi) is 6.96. The average molecular weight is 625 g/mol. The maximum absolute atomic E-state index is 13.6. The highest BCUT2D eigenvalue weighted by atomic mass is 79.9. The fourth-order valence-corrected chi connectivity index (χ4v) is 5.66. The molecule has 0 saturated heterocycles. The maximum atomic E-state index is 13.6. The summed E-state index contributed by atoms with van der Waals surface area (Å²) in [7, 11) is 2.90. The van der Waals surface area contributed by atoms with Gasteiger partial charge in [0.25, 0.3) is 0 Å². The zero-order valence-corrected chi connectivity index (χ0v) is 23.5. The molecule has 0 bridgehead atoms. The molecule has 0 unspecified atom stereocenters. The summed E-state index contributed by atoms with van der Waals surface area (Å²) in [6, 6.07) is 19.0. The number of ether oxygens (including phenoxy) is 3. The summed E-state index contributed by atoms with van der Waals surface area (Å²) in [6.07, 6.45) is 0. The van der Waals surface area contributed by atoms with Gasteiger partial charge >= 0.3 is 5.97 Å².